The van der Waals surface area contributed by atoms with Crippen LogP contribution in [-0.4, -0.2) is 27.9 Å². The predicted octanol–water partition coefficient (Wildman–Crippen LogP) is 4.51. The highest BCUT2D eigenvalue weighted by Gasteiger charge is 2.35. The molecule has 1 N–H and O–H groups in total. The van der Waals surface area contributed by atoms with E-state index < -0.39 is 29.5 Å². The zero-order valence-corrected chi connectivity index (χ0v) is 16.2. The highest BCUT2D eigenvalue weighted by atomic mass is 19.4. The third-order valence-corrected chi connectivity index (χ3v) is 5.02. The maximum Gasteiger partial charge on any atom is 0.416 e. The van der Waals surface area contributed by atoms with Gasteiger partial charge in [-0.25, -0.2) is 4.98 Å². The number of anilines is 2. The van der Waals surface area contributed by atoms with Crippen molar-refractivity contribution in [1.82, 2.24) is 9.55 Å². The number of pyridine rings is 1. The van der Waals surface area contributed by atoms with Crippen molar-refractivity contribution in [3.05, 3.63) is 77.6 Å². The fourth-order valence-electron chi connectivity index (χ4n) is 3.49. The molecule has 31 heavy (non-hydrogen) atoms. The van der Waals surface area contributed by atoms with Crippen molar-refractivity contribution in [2.45, 2.75) is 19.1 Å². The van der Waals surface area contributed by atoms with Crippen LogP contribution in [0.3, 0.4) is 0 Å². The van der Waals surface area contributed by atoms with Crippen molar-refractivity contribution >= 4 is 23.2 Å². The van der Waals surface area contributed by atoms with Crippen LogP contribution in [0.4, 0.5) is 28.9 Å². The molecular weight excluding hydrogens is 416 g/mol. The van der Waals surface area contributed by atoms with Gasteiger partial charge in [-0.05, 0) is 49.4 Å². The monoisotopic (exact) mass is 432 g/mol. The topological polar surface area (TPSA) is 67.2 Å². The normalized spacial score (nSPS) is 16.2. The quantitative estimate of drug-likeness (QED) is 0.489. The summed E-state index contributed by atoms with van der Waals surface area (Å²) >= 11 is 0. The molecule has 2 aromatic heterocycles. The summed E-state index contributed by atoms with van der Waals surface area (Å²) in [5.74, 6) is -1.79. The fraction of sp³-hybridized carbons (Fsp3) is 0.190. The van der Waals surface area contributed by atoms with Crippen LogP contribution in [0.2, 0.25) is 0 Å². The maximum absolute atomic E-state index is 13.2. The minimum atomic E-state index is -4.48. The second-order valence-electron chi connectivity index (χ2n) is 7.12. The van der Waals surface area contributed by atoms with Gasteiger partial charge in [0.15, 0.2) is 0 Å². The maximum atomic E-state index is 13.2. The molecule has 0 spiro atoms. The SMILES string of the molecule is C[C@H]1CN(c2ccc(C(F)(F)F)cc2)C(=O)c2c(C(=O)Nc3ccc(F)nc3)ccn21. The van der Waals surface area contributed by atoms with Crippen LogP contribution in [0.1, 0.15) is 39.4 Å². The van der Waals surface area contributed by atoms with E-state index in [-0.39, 0.29) is 29.5 Å². The molecule has 10 heteroatoms. The van der Waals surface area contributed by atoms with Crippen molar-refractivity contribution in [2.24, 2.45) is 0 Å². The Morgan fingerprint density at radius 3 is 2.45 bits per heavy atom. The van der Waals surface area contributed by atoms with Gasteiger partial charge in [0.1, 0.15) is 5.69 Å². The van der Waals surface area contributed by atoms with E-state index in [2.05, 4.69) is 10.3 Å². The Bertz CT molecular complexity index is 1140. The van der Waals surface area contributed by atoms with E-state index in [4.69, 9.17) is 0 Å². The van der Waals surface area contributed by atoms with E-state index in [1.54, 1.807) is 10.8 Å². The summed E-state index contributed by atoms with van der Waals surface area (Å²) in [6.45, 7) is 2.06. The standard InChI is InChI=1S/C21H16F4N4O2/c1-12-11-29(15-5-2-13(3-6-15)21(23,24)25)20(31)18-16(8-9-28(12)18)19(30)27-14-4-7-17(22)26-10-14/h2-10,12H,11H2,1H3,(H,27,30)/t12-/m0/s1. The number of nitrogens with zero attached hydrogens (tertiary/aromatic N) is 3. The number of fused-ring (bicyclic) bond motifs is 1. The molecule has 4 rings (SSSR count). The summed E-state index contributed by atoms with van der Waals surface area (Å²) in [7, 11) is 0. The van der Waals surface area contributed by atoms with Gasteiger partial charge < -0.3 is 14.8 Å². The number of benzene rings is 1. The average Bonchev–Trinajstić information content (AvgIpc) is 3.18. The highest BCUT2D eigenvalue weighted by Crippen LogP contribution is 2.33. The van der Waals surface area contributed by atoms with E-state index in [0.717, 1.165) is 24.4 Å². The lowest BCUT2D eigenvalue weighted by molar-refractivity contribution is -0.137. The Kier molecular flexibility index (Phi) is 5.00. The van der Waals surface area contributed by atoms with Gasteiger partial charge in [0.25, 0.3) is 11.8 Å². The first-order valence-electron chi connectivity index (χ1n) is 9.28. The van der Waals surface area contributed by atoms with Crippen molar-refractivity contribution in [3.8, 4) is 0 Å². The first-order valence-corrected chi connectivity index (χ1v) is 9.28. The minimum Gasteiger partial charge on any atom is -0.338 e. The smallest absolute Gasteiger partial charge is 0.338 e. The molecule has 0 aliphatic carbocycles. The molecule has 0 saturated carbocycles. The number of amides is 2. The molecule has 0 unspecified atom stereocenters. The third kappa shape index (κ3) is 3.88. The Morgan fingerprint density at radius 2 is 1.84 bits per heavy atom. The Morgan fingerprint density at radius 1 is 1.13 bits per heavy atom. The molecule has 1 aliphatic rings. The molecule has 6 nitrogen and oxygen atoms in total. The van der Waals surface area contributed by atoms with Crippen LogP contribution in [0, 0.1) is 5.95 Å². The molecule has 1 atom stereocenters. The lowest BCUT2D eigenvalue weighted by Crippen LogP contribution is -2.43. The average molecular weight is 432 g/mol. The lowest BCUT2D eigenvalue weighted by atomic mass is 10.1. The Labute approximate surface area is 174 Å². The van der Waals surface area contributed by atoms with E-state index in [1.165, 1.54) is 29.2 Å². The van der Waals surface area contributed by atoms with Crippen molar-refractivity contribution in [1.29, 1.82) is 0 Å². The van der Waals surface area contributed by atoms with Gasteiger partial charge in [0, 0.05) is 24.5 Å². The number of halogens is 4. The molecule has 0 bridgehead atoms. The van der Waals surface area contributed by atoms with Crippen molar-refractivity contribution in [2.75, 3.05) is 16.8 Å². The number of carbonyl (C=O) groups excluding carboxylic acids is 2. The summed E-state index contributed by atoms with van der Waals surface area (Å²) < 4.78 is 53.2. The van der Waals surface area contributed by atoms with Gasteiger partial charge in [-0.15, -0.1) is 0 Å². The number of hydrogen-bond donors (Lipinski definition) is 1. The first-order chi connectivity index (χ1) is 14.6. The molecule has 0 radical (unpaired) electrons. The molecule has 1 aliphatic heterocycles. The van der Waals surface area contributed by atoms with Gasteiger partial charge in [0.2, 0.25) is 5.95 Å². The summed E-state index contributed by atoms with van der Waals surface area (Å²) in [5, 5.41) is 2.56. The van der Waals surface area contributed by atoms with E-state index in [1.807, 2.05) is 6.92 Å². The largest absolute Gasteiger partial charge is 0.416 e. The highest BCUT2D eigenvalue weighted by molar-refractivity contribution is 6.16. The summed E-state index contributed by atoms with van der Waals surface area (Å²) in [4.78, 5) is 30.7. The minimum absolute atomic E-state index is 0.0952. The molecule has 2 amide bonds. The van der Waals surface area contributed by atoms with Gasteiger partial charge in [-0.1, -0.05) is 0 Å². The molecule has 3 aromatic rings. The van der Waals surface area contributed by atoms with Crippen LogP contribution in [-0.2, 0) is 6.18 Å². The summed E-state index contributed by atoms with van der Waals surface area (Å²) in [6.07, 6.45) is -1.72. The predicted molar refractivity (Wildman–Crippen MR) is 104 cm³/mol. The number of aromatic nitrogens is 2. The van der Waals surface area contributed by atoms with E-state index >= 15 is 0 Å². The number of nitrogens with one attached hydrogen (secondary N) is 1. The van der Waals surface area contributed by atoms with Crippen LogP contribution >= 0.6 is 0 Å². The van der Waals surface area contributed by atoms with Gasteiger partial charge in [-0.3, -0.25) is 9.59 Å². The Hall–Kier alpha value is -3.69. The first kappa shape index (κ1) is 20.6. The molecule has 1 aromatic carbocycles. The van der Waals surface area contributed by atoms with Crippen LogP contribution in [0.5, 0.6) is 0 Å². The molecule has 3 heterocycles. The summed E-state index contributed by atoms with van der Waals surface area (Å²) in [5.41, 5.74) is -0.0530. The second kappa shape index (κ2) is 7.53. The van der Waals surface area contributed by atoms with E-state index in [0.29, 0.717) is 5.69 Å². The number of hydrogen-bond acceptors (Lipinski definition) is 3. The van der Waals surface area contributed by atoms with Crippen molar-refractivity contribution < 1.29 is 27.2 Å². The van der Waals surface area contributed by atoms with Gasteiger partial charge in [0.05, 0.1) is 23.0 Å². The molecular formula is C21H16F4N4O2. The van der Waals surface area contributed by atoms with Crippen molar-refractivity contribution in [3.63, 3.8) is 0 Å². The molecule has 160 valence electrons. The summed E-state index contributed by atoms with van der Waals surface area (Å²) in [6, 6.07) is 7.99. The third-order valence-electron chi connectivity index (χ3n) is 5.02. The zero-order chi connectivity index (χ0) is 22.3. The lowest BCUT2D eigenvalue weighted by Gasteiger charge is -2.33. The van der Waals surface area contributed by atoms with Crippen LogP contribution in [0.15, 0.2) is 54.9 Å². The number of alkyl halides is 3. The van der Waals surface area contributed by atoms with Gasteiger partial charge in [-0.2, -0.15) is 17.6 Å². The fourth-order valence-corrected chi connectivity index (χ4v) is 3.49. The number of rotatable bonds is 3. The number of carbonyl (C=O) groups is 2. The Balaban J connectivity index is 1.64. The van der Waals surface area contributed by atoms with Gasteiger partial charge >= 0.3 is 6.18 Å². The van der Waals surface area contributed by atoms with Crippen LogP contribution in [0.25, 0.3) is 0 Å². The zero-order valence-electron chi connectivity index (χ0n) is 16.2. The second-order valence-corrected chi connectivity index (χ2v) is 7.12. The van der Waals surface area contributed by atoms with E-state index in [9.17, 15) is 27.2 Å². The molecule has 0 fully saturated rings. The van der Waals surface area contributed by atoms with Crippen LogP contribution < -0.4 is 10.2 Å². The molecule has 0 saturated heterocycles.